The first kappa shape index (κ1) is 23.4. The molecular weight excluding hydrogens is 424 g/mol. The molecule has 3 aromatic rings. The number of aromatic nitrogens is 1. The molecule has 174 valence electrons. The Morgan fingerprint density at radius 3 is 2.56 bits per heavy atom. The molecule has 34 heavy (non-hydrogen) atoms. The highest BCUT2D eigenvalue weighted by Gasteiger charge is 2.40. The summed E-state index contributed by atoms with van der Waals surface area (Å²) in [5, 5.41) is 8.68. The number of aryl methyl sites for hydroxylation is 2. The lowest BCUT2D eigenvalue weighted by atomic mass is 10.00. The van der Waals surface area contributed by atoms with Crippen LogP contribution in [-0.2, 0) is 16.0 Å². The van der Waals surface area contributed by atoms with E-state index < -0.39 is 5.92 Å². The summed E-state index contributed by atoms with van der Waals surface area (Å²) in [7, 11) is 0. The van der Waals surface area contributed by atoms with Crippen LogP contribution in [-0.4, -0.2) is 22.5 Å². The number of hydrazone groups is 1. The quantitative estimate of drug-likeness (QED) is 0.497. The third kappa shape index (κ3) is 4.76. The van der Waals surface area contributed by atoms with Crippen LogP contribution in [0.25, 0.3) is 11.3 Å². The van der Waals surface area contributed by atoms with Gasteiger partial charge in [-0.15, -0.1) is 0 Å². The fourth-order valence-corrected chi connectivity index (χ4v) is 4.28. The fourth-order valence-electron chi connectivity index (χ4n) is 4.28. The van der Waals surface area contributed by atoms with Crippen LogP contribution < -0.4 is 10.3 Å². The maximum Gasteiger partial charge on any atom is 0.265 e. The largest absolute Gasteiger partial charge is 0.325 e. The normalized spacial score (nSPS) is 15.6. The zero-order valence-electron chi connectivity index (χ0n) is 20.3. The molecule has 1 unspecified atom stereocenters. The summed E-state index contributed by atoms with van der Waals surface area (Å²) in [4.78, 5) is 30.9. The molecule has 6 nitrogen and oxygen atoms in total. The molecule has 0 saturated carbocycles. The van der Waals surface area contributed by atoms with E-state index in [2.05, 4.69) is 29.2 Å². The summed E-state index contributed by atoms with van der Waals surface area (Å²) >= 11 is 0. The third-order valence-corrected chi connectivity index (χ3v) is 5.96. The van der Waals surface area contributed by atoms with E-state index in [0.717, 1.165) is 34.4 Å². The number of amides is 2. The van der Waals surface area contributed by atoms with Crippen molar-refractivity contribution in [1.29, 1.82) is 0 Å². The molecule has 0 spiro atoms. The van der Waals surface area contributed by atoms with Crippen LogP contribution in [0.5, 0.6) is 0 Å². The molecule has 1 aromatic heterocycles. The van der Waals surface area contributed by atoms with Gasteiger partial charge in [0.25, 0.3) is 5.91 Å². The van der Waals surface area contributed by atoms with Crippen LogP contribution >= 0.6 is 0 Å². The van der Waals surface area contributed by atoms with Gasteiger partial charge in [-0.05, 0) is 80.1 Å². The molecule has 0 saturated heterocycles. The first-order valence-corrected chi connectivity index (χ1v) is 11.6. The molecule has 2 aromatic carbocycles. The molecule has 0 bridgehead atoms. The number of pyridine rings is 1. The number of nitrogens with zero attached hydrogens (tertiary/aromatic N) is 3. The standard InChI is InChI=1S/C28H30N4O2/c1-17(2)14-21-9-6-10-22(15-21)30-27(33)25-20(5)31-32(28(25)34)23-12-11-18(3)24(16-23)26-19(4)8-7-13-29-26/h6-13,15-17,25H,14H2,1-5H3,(H,30,33). The van der Waals surface area contributed by atoms with Gasteiger partial charge in [0, 0.05) is 17.4 Å². The Hall–Kier alpha value is -3.80. The number of benzene rings is 2. The monoisotopic (exact) mass is 454 g/mol. The Morgan fingerprint density at radius 2 is 1.82 bits per heavy atom. The van der Waals surface area contributed by atoms with Crippen molar-refractivity contribution in [2.45, 2.75) is 41.0 Å². The van der Waals surface area contributed by atoms with E-state index in [1.807, 2.05) is 68.4 Å². The van der Waals surface area contributed by atoms with E-state index >= 15 is 0 Å². The second-order valence-corrected chi connectivity index (χ2v) is 9.28. The molecule has 0 aliphatic carbocycles. The number of anilines is 2. The predicted octanol–water partition coefficient (Wildman–Crippen LogP) is 5.54. The van der Waals surface area contributed by atoms with Crippen molar-refractivity contribution in [2.24, 2.45) is 16.9 Å². The fraction of sp³-hybridized carbons (Fsp3) is 0.286. The molecule has 4 rings (SSSR count). The first-order valence-electron chi connectivity index (χ1n) is 11.6. The number of nitrogens with one attached hydrogen (secondary N) is 1. The van der Waals surface area contributed by atoms with Crippen LogP contribution in [0.15, 0.2) is 65.9 Å². The van der Waals surface area contributed by atoms with Gasteiger partial charge in [0.1, 0.15) is 0 Å². The summed E-state index contributed by atoms with van der Waals surface area (Å²) in [5.74, 6) is -1.18. The second-order valence-electron chi connectivity index (χ2n) is 9.28. The van der Waals surface area contributed by atoms with Crippen molar-refractivity contribution in [1.82, 2.24) is 4.98 Å². The van der Waals surface area contributed by atoms with Crippen LogP contribution in [0.1, 0.15) is 37.5 Å². The summed E-state index contributed by atoms with van der Waals surface area (Å²) < 4.78 is 0. The zero-order chi connectivity index (χ0) is 24.4. The second kappa shape index (κ2) is 9.59. The summed E-state index contributed by atoms with van der Waals surface area (Å²) in [6.45, 7) is 10.0. The Kier molecular flexibility index (Phi) is 6.59. The Bertz CT molecular complexity index is 1280. The molecule has 6 heteroatoms. The van der Waals surface area contributed by atoms with Gasteiger partial charge in [0.05, 0.1) is 17.1 Å². The number of carbonyl (C=O) groups excluding carboxylic acids is 2. The van der Waals surface area contributed by atoms with Crippen molar-refractivity contribution in [3.8, 4) is 11.3 Å². The lowest BCUT2D eigenvalue weighted by Crippen LogP contribution is -2.36. The minimum absolute atomic E-state index is 0.360. The van der Waals surface area contributed by atoms with E-state index in [0.29, 0.717) is 23.0 Å². The molecule has 1 atom stereocenters. The molecule has 2 amide bonds. The maximum absolute atomic E-state index is 13.3. The van der Waals surface area contributed by atoms with Crippen molar-refractivity contribution in [3.05, 3.63) is 77.5 Å². The van der Waals surface area contributed by atoms with E-state index in [-0.39, 0.29) is 11.8 Å². The lowest BCUT2D eigenvalue weighted by Gasteiger charge is -2.17. The SMILES string of the molecule is CC1=NN(c2ccc(C)c(-c3ncccc3C)c2)C(=O)C1C(=O)Nc1cccc(CC(C)C)c1. The maximum atomic E-state index is 13.3. The third-order valence-electron chi connectivity index (χ3n) is 5.96. The number of rotatable bonds is 6. The van der Waals surface area contributed by atoms with Crippen molar-refractivity contribution in [3.63, 3.8) is 0 Å². The van der Waals surface area contributed by atoms with Crippen LogP contribution in [0.4, 0.5) is 11.4 Å². The van der Waals surface area contributed by atoms with Gasteiger partial charge < -0.3 is 5.32 Å². The highest BCUT2D eigenvalue weighted by molar-refractivity contribution is 6.28. The highest BCUT2D eigenvalue weighted by atomic mass is 16.2. The average molecular weight is 455 g/mol. The molecule has 1 N–H and O–H groups in total. The Balaban J connectivity index is 1.57. The molecular formula is C28H30N4O2. The number of hydrogen-bond acceptors (Lipinski definition) is 4. The summed E-state index contributed by atoms with van der Waals surface area (Å²) in [6.07, 6.45) is 2.68. The van der Waals surface area contributed by atoms with Crippen molar-refractivity contribution >= 4 is 28.9 Å². The average Bonchev–Trinajstić information content (AvgIpc) is 3.08. The van der Waals surface area contributed by atoms with Gasteiger partial charge in [0.2, 0.25) is 5.91 Å². The minimum atomic E-state index is -0.963. The van der Waals surface area contributed by atoms with Gasteiger partial charge in [0.15, 0.2) is 5.92 Å². The molecule has 0 radical (unpaired) electrons. The van der Waals surface area contributed by atoms with Gasteiger partial charge in [-0.1, -0.05) is 38.1 Å². The van der Waals surface area contributed by atoms with Gasteiger partial charge in [-0.2, -0.15) is 10.1 Å². The summed E-state index contributed by atoms with van der Waals surface area (Å²) in [5.41, 5.74) is 6.82. The number of hydrogen-bond donors (Lipinski definition) is 1. The van der Waals surface area contributed by atoms with E-state index in [1.165, 1.54) is 5.01 Å². The molecule has 1 aliphatic heterocycles. The Morgan fingerprint density at radius 1 is 1.03 bits per heavy atom. The van der Waals surface area contributed by atoms with Gasteiger partial charge >= 0.3 is 0 Å². The first-order chi connectivity index (χ1) is 16.2. The molecule has 2 heterocycles. The summed E-state index contributed by atoms with van der Waals surface area (Å²) in [6, 6.07) is 17.4. The van der Waals surface area contributed by atoms with Crippen LogP contribution in [0.3, 0.4) is 0 Å². The number of carbonyl (C=O) groups is 2. The Labute approximate surface area is 200 Å². The van der Waals surface area contributed by atoms with E-state index in [1.54, 1.807) is 13.1 Å². The molecule has 0 fully saturated rings. The highest BCUT2D eigenvalue weighted by Crippen LogP contribution is 2.32. The smallest absolute Gasteiger partial charge is 0.265 e. The van der Waals surface area contributed by atoms with Crippen molar-refractivity contribution < 1.29 is 9.59 Å². The topological polar surface area (TPSA) is 74.7 Å². The van der Waals surface area contributed by atoms with E-state index in [4.69, 9.17) is 0 Å². The molecule has 1 aliphatic rings. The predicted molar refractivity (Wildman–Crippen MR) is 137 cm³/mol. The lowest BCUT2D eigenvalue weighted by molar-refractivity contribution is -0.127. The zero-order valence-corrected chi connectivity index (χ0v) is 20.3. The van der Waals surface area contributed by atoms with Crippen LogP contribution in [0, 0.1) is 25.7 Å². The van der Waals surface area contributed by atoms with Crippen LogP contribution in [0.2, 0.25) is 0 Å². The van der Waals surface area contributed by atoms with Gasteiger partial charge in [-0.25, -0.2) is 0 Å². The van der Waals surface area contributed by atoms with E-state index in [9.17, 15) is 9.59 Å². The minimum Gasteiger partial charge on any atom is -0.325 e. The van der Waals surface area contributed by atoms with Gasteiger partial charge in [-0.3, -0.25) is 14.6 Å². The van der Waals surface area contributed by atoms with Crippen molar-refractivity contribution in [2.75, 3.05) is 10.3 Å².